The van der Waals surface area contributed by atoms with E-state index in [0.29, 0.717) is 32.9 Å². The molecule has 1 heterocycles. The number of nitrogens with zero attached hydrogens (tertiary/aromatic N) is 2. The maximum absolute atomic E-state index is 12.5. The standard InChI is InChI=1S/C19H16Cl2N4O/c1-11-9-12(2)23-19(22-11)24-14-6-3-5-13(10-14)18(26)25-16-8-4-7-15(20)17(16)21/h3-10H,1-2H3,(H,25,26)(H,22,23,24). The van der Waals surface area contributed by atoms with Crippen LogP contribution < -0.4 is 10.6 Å². The lowest BCUT2D eigenvalue weighted by atomic mass is 10.2. The molecule has 1 aromatic heterocycles. The lowest BCUT2D eigenvalue weighted by Gasteiger charge is -2.10. The fourth-order valence-electron chi connectivity index (χ4n) is 2.44. The number of anilines is 3. The molecule has 7 heteroatoms. The van der Waals surface area contributed by atoms with Crippen molar-refractivity contribution in [2.75, 3.05) is 10.6 Å². The summed E-state index contributed by atoms with van der Waals surface area (Å²) < 4.78 is 0. The van der Waals surface area contributed by atoms with Crippen LogP contribution in [0.5, 0.6) is 0 Å². The average molecular weight is 387 g/mol. The predicted molar refractivity (Wildman–Crippen MR) is 106 cm³/mol. The number of nitrogens with one attached hydrogen (secondary N) is 2. The van der Waals surface area contributed by atoms with Gasteiger partial charge in [0.25, 0.3) is 5.91 Å². The summed E-state index contributed by atoms with van der Waals surface area (Å²) in [6.07, 6.45) is 0. The molecule has 132 valence electrons. The van der Waals surface area contributed by atoms with Gasteiger partial charge in [-0.15, -0.1) is 0 Å². The molecule has 0 aliphatic heterocycles. The quantitative estimate of drug-likeness (QED) is 0.629. The molecule has 5 nitrogen and oxygen atoms in total. The van der Waals surface area contributed by atoms with Crippen LogP contribution in [-0.4, -0.2) is 15.9 Å². The molecule has 0 saturated heterocycles. The summed E-state index contributed by atoms with van der Waals surface area (Å²) in [6.45, 7) is 3.80. The van der Waals surface area contributed by atoms with Crippen LogP contribution in [0.2, 0.25) is 10.0 Å². The normalized spacial score (nSPS) is 10.5. The topological polar surface area (TPSA) is 66.9 Å². The molecule has 0 aliphatic rings. The van der Waals surface area contributed by atoms with Crippen molar-refractivity contribution in [2.24, 2.45) is 0 Å². The van der Waals surface area contributed by atoms with Gasteiger partial charge in [-0.1, -0.05) is 35.3 Å². The molecule has 0 bridgehead atoms. The number of amides is 1. The van der Waals surface area contributed by atoms with Crippen molar-refractivity contribution in [3.8, 4) is 0 Å². The molecule has 0 aliphatic carbocycles. The third-order valence-corrected chi connectivity index (χ3v) is 4.38. The van der Waals surface area contributed by atoms with Crippen LogP contribution in [0.15, 0.2) is 48.5 Å². The molecule has 0 radical (unpaired) electrons. The molecule has 0 atom stereocenters. The summed E-state index contributed by atoms with van der Waals surface area (Å²) in [6, 6.07) is 14.0. The first-order valence-corrected chi connectivity index (χ1v) is 8.63. The fourth-order valence-corrected chi connectivity index (χ4v) is 2.79. The number of carbonyl (C=O) groups is 1. The fraction of sp³-hybridized carbons (Fsp3) is 0.105. The van der Waals surface area contributed by atoms with E-state index >= 15 is 0 Å². The van der Waals surface area contributed by atoms with E-state index in [1.54, 1.807) is 36.4 Å². The van der Waals surface area contributed by atoms with Gasteiger partial charge in [-0.3, -0.25) is 4.79 Å². The highest BCUT2D eigenvalue weighted by Gasteiger charge is 2.11. The van der Waals surface area contributed by atoms with E-state index in [-0.39, 0.29) is 5.91 Å². The van der Waals surface area contributed by atoms with Crippen molar-refractivity contribution in [1.82, 2.24) is 9.97 Å². The predicted octanol–water partition coefficient (Wildman–Crippen LogP) is 5.40. The Morgan fingerprint density at radius 1 is 0.962 bits per heavy atom. The summed E-state index contributed by atoms with van der Waals surface area (Å²) in [5, 5.41) is 6.57. The smallest absolute Gasteiger partial charge is 0.255 e. The van der Waals surface area contributed by atoms with Gasteiger partial charge in [0.1, 0.15) is 0 Å². The summed E-state index contributed by atoms with van der Waals surface area (Å²) in [4.78, 5) is 21.2. The first-order chi connectivity index (χ1) is 12.4. The van der Waals surface area contributed by atoms with Crippen molar-refractivity contribution < 1.29 is 4.79 Å². The summed E-state index contributed by atoms with van der Waals surface area (Å²) in [5.74, 6) is 0.192. The Balaban J connectivity index is 1.80. The molecule has 2 aromatic carbocycles. The Morgan fingerprint density at radius 3 is 2.38 bits per heavy atom. The van der Waals surface area contributed by atoms with Crippen LogP contribution in [0.4, 0.5) is 17.3 Å². The molecule has 0 saturated carbocycles. The number of hydrogen-bond acceptors (Lipinski definition) is 4. The first-order valence-electron chi connectivity index (χ1n) is 7.87. The second-order valence-electron chi connectivity index (χ2n) is 5.74. The summed E-state index contributed by atoms with van der Waals surface area (Å²) in [5.41, 5.74) is 3.37. The lowest BCUT2D eigenvalue weighted by molar-refractivity contribution is 0.102. The van der Waals surface area contributed by atoms with Crippen LogP contribution in [0.25, 0.3) is 0 Å². The molecule has 2 N–H and O–H groups in total. The van der Waals surface area contributed by atoms with Gasteiger partial charge >= 0.3 is 0 Å². The monoisotopic (exact) mass is 386 g/mol. The maximum Gasteiger partial charge on any atom is 0.255 e. The largest absolute Gasteiger partial charge is 0.324 e. The van der Waals surface area contributed by atoms with Crippen molar-refractivity contribution in [3.63, 3.8) is 0 Å². The molecule has 0 unspecified atom stereocenters. The molecule has 26 heavy (non-hydrogen) atoms. The zero-order chi connectivity index (χ0) is 18.7. The van der Waals surface area contributed by atoms with Crippen molar-refractivity contribution in [1.29, 1.82) is 0 Å². The highest BCUT2D eigenvalue weighted by Crippen LogP contribution is 2.30. The van der Waals surface area contributed by atoms with E-state index < -0.39 is 0 Å². The van der Waals surface area contributed by atoms with E-state index in [0.717, 1.165) is 11.4 Å². The summed E-state index contributed by atoms with van der Waals surface area (Å²) in [7, 11) is 0. The number of benzene rings is 2. The molecule has 3 rings (SSSR count). The second-order valence-corrected chi connectivity index (χ2v) is 6.52. The first kappa shape index (κ1) is 18.2. The third kappa shape index (κ3) is 4.31. The van der Waals surface area contributed by atoms with Gasteiger partial charge in [0.2, 0.25) is 5.95 Å². The molecule has 0 fully saturated rings. The van der Waals surface area contributed by atoms with Crippen molar-refractivity contribution >= 4 is 46.4 Å². The van der Waals surface area contributed by atoms with Gasteiger partial charge < -0.3 is 10.6 Å². The van der Waals surface area contributed by atoms with Gasteiger partial charge in [-0.2, -0.15) is 0 Å². The summed E-state index contributed by atoms with van der Waals surface area (Å²) >= 11 is 12.1. The highest BCUT2D eigenvalue weighted by atomic mass is 35.5. The molecule has 0 spiro atoms. The Labute approximate surface area is 161 Å². The van der Waals surface area contributed by atoms with Gasteiger partial charge in [0, 0.05) is 22.6 Å². The minimum atomic E-state index is -0.292. The minimum absolute atomic E-state index is 0.292. The Kier molecular flexibility index (Phi) is 5.40. The molecule has 1 amide bonds. The number of halogens is 2. The Hall–Kier alpha value is -2.63. The zero-order valence-electron chi connectivity index (χ0n) is 14.2. The zero-order valence-corrected chi connectivity index (χ0v) is 15.7. The van der Waals surface area contributed by atoms with Gasteiger partial charge in [0.15, 0.2) is 0 Å². The molecule has 3 aromatic rings. The second kappa shape index (κ2) is 7.72. The van der Waals surface area contributed by atoms with E-state index in [2.05, 4.69) is 20.6 Å². The average Bonchev–Trinajstić information content (AvgIpc) is 2.58. The van der Waals surface area contributed by atoms with Crippen LogP contribution in [0.1, 0.15) is 21.7 Å². The lowest BCUT2D eigenvalue weighted by Crippen LogP contribution is -2.12. The van der Waals surface area contributed by atoms with E-state index in [9.17, 15) is 4.79 Å². The number of hydrogen-bond donors (Lipinski definition) is 2. The van der Waals surface area contributed by atoms with Crippen molar-refractivity contribution in [3.05, 3.63) is 75.5 Å². The van der Waals surface area contributed by atoms with Crippen LogP contribution >= 0.6 is 23.2 Å². The van der Waals surface area contributed by atoms with Crippen LogP contribution in [-0.2, 0) is 0 Å². The van der Waals surface area contributed by atoms with E-state index in [1.807, 2.05) is 26.0 Å². The minimum Gasteiger partial charge on any atom is -0.324 e. The SMILES string of the molecule is Cc1cc(C)nc(Nc2cccc(C(=O)Nc3cccc(Cl)c3Cl)c2)n1. The van der Waals surface area contributed by atoms with Crippen molar-refractivity contribution in [2.45, 2.75) is 13.8 Å². The van der Waals surface area contributed by atoms with Crippen LogP contribution in [0, 0.1) is 13.8 Å². The van der Waals surface area contributed by atoms with E-state index in [1.165, 1.54) is 0 Å². The van der Waals surface area contributed by atoms with Gasteiger partial charge in [-0.25, -0.2) is 9.97 Å². The van der Waals surface area contributed by atoms with E-state index in [4.69, 9.17) is 23.2 Å². The third-order valence-electron chi connectivity index (χ3n) is 3.56. The highest BCUT2D eigenvalue weighted by molar-refractivity contribution is 6.44. The van der Waals surface area contributed by atoms with Gasteiger partial charge in [-0.05, 0) is 50.2 Å². The Bertz CT molecular complexity index is 955. The number of rotatable bonds is 4. The molecular weight excluding hydrogens is 371 g/mol. The number of aromatic nitrogens is 2. The number of aryl methyl sites for hydroxylation is 2. The number of carbonyl (C=O) groups excluding carboxylic acids is 1. The Morgan fingerprint density at radius 2 is 1.65 bits per heavy atom. The van der Waals surface area contributed by atoms with Crippen LogP contribution in [0.3, 0.4) is 0 Å². The molecular formula is C19H16Cl2N4O. The van der Waals surface area contributed by atoms with Gasteiger partial charge in [0.05, 0.1) is 15.7 Å². The maximum atomic E-state index is 12.5.